The van der Waals surface area contributed by atoms with Crippen LogP contribution in [0, 0.1) is 49.4 Å². The zero-order chi connectivity index (χ0) is 41.2. The van der Waals surface area contributed by atoms with Gasteiger partial charge in [0.15, 0.2) is 0 Å². The van der Waals surface area contributed by atoms with E-state index in [0.717, 1.165) is 80.3 Å². The van der Waals surface area contributed by atoms with E-state index in [1.165, 1.54) is 110 Å². The SMILES string of the molecule is Cc1cc(-c2ccc(C(C)C)cc2-c2cccc(-c3cc(C(C)C)ccc3-c3cc(C)cc(C45CC6CC(CC(C6)C4)C5)c3O)n2)c(O)c(C23CC4CC(CC(C4)C2)C3)c1.[Hf]. The number of phenolic OH excluding ortho intramolecular Hbond substituents is 2. The Bertz CT molecular complexity index is 2290. The Morgan fingerprint density at radius 3 is 1.13 bits per heavy atom. The molecule has 3 nitrogen and oxygen atoms in total. The molecule has 1 heterocycles. The summed E-state index contributed by atoms with van der Waals surface area (Å²) in [6.45, 7) is 13.5. The zero-order valence-corrected chi connectivity index (χ0v) is 41.0. The van der Waals surface area contributed by atoms with E-state index in [9.17, 15) is 10.2 Å². The molecule has 5 aromatic rings. The quantitative estimate of drug-likeness (QED) is 0.152. The van der Waals surface area contributed by atoms with Crippen molar-refractivity contribution in [3.8, 4) is 56.3 Å². The van der Waals surface area contributed by atoms with Gasteiger partial charge in [-0.15, -0.1) is 0 Å². The topological polar surface area (TPSA) is 53.4 Å². The Labute approximate surface area is 384 Å². The van der Waals surface area contributed by atoms with Gasteiger partial charge in [-0.1, -0.05) is 70.2 Å². The first-order valence-electron chi connectivity index (χ1n) is 23.8. The van der Waals surface area contributed by atoms with Gasteiger partial charge in [-0.05, 0) is 219 Å². The summed E-state index contributed by atoms with van der Waals surface area (Å²) in [6, 6.07) is 29.2. The zero-order valence-electron chi connectivity index (χ0n) is 37.5. The van der Waals surface area contributed by atoms with E-state index >= 15 is 0 Å². The van der Waals surface area contributed by atoms with E-state index in [-0.39, 0.29) is 36.7 Å². The van der Waals surface area contributed by atoms with Crippen molar-refractivity contribution in [2.45, 2.75) is 141 Å². The Morgan fingerprint density at radius 2 is 0.803 bits per heavy atom. The molecule has 0 aliphatic heterocycles. The molecule has 0 atom stereocenters. The number of pyridine rings is 1. The fraction of sp³-hybridized carbons (Fsp3) is 0.491. The summed E-state index contributed by atoms with van der Waals surface area (Å²) in [7, 11) is 0. The molecule has 8 bridgehead atoms. The van der Waals surface area contributed by atoms with Crippen molar-refractivity contribution in [3.63, 3.8) is 0 Å². The molecule has 8 fully saturated rings. The van der Waals surface area contributed by atoms with Crippen molar-refractivity contribution in [2.75, 3.05) is 0 Å². The van der Waals surface area contributed by atoms with Gasteiger partial charge in [0.1, 0.15) is 11.5 Å². The van der Waals surface area contributed by atoms with E-state index in [1.54, 1.807) is 0 Å². The summed E-state index contributed by atoms with van der Waals surface area (Å²) < 4.78 is 0. The van der Waals surface area contributed by atoms with Crippen LogP contribution in [0.4, 0.5) is 0 Å². The first kappa shape index (κ1) is 41.5. The molecule has 314 valence electrons. The van der Waals surface area contributed by atoms with Gasteiger partial charge in [-0.25, -0.2) is 4.98 Å². The molecule has 8 saturated carbocycles. The second-order valence-corrected chi connectivity index (χ2v) is 22.1. The van der Waals surface area contributed by atoms with E-state index in [0.29, 0.717) is 23.3 Å². The molecular weight excluding hydrogens is 909 g/mol. The molecular formula is C57H65HfNO2. The van der Waals surface area contributed by atoms with Crippen LogP contribution in [0.2, 0.25) is 0 Å². The molecule has 0 radical (unpaired) electrons. The predicted molar refractivity (Wildman–Crippen MR) is 247 cm³/mol. The molecule has 4 aromatic carbocycles. The van der Waals surface area contributed by atoms with Gasteiger partial charge in [0.25, 0.3) is 0 Å². The summed E-state index contributed by atoms with van der Waals surface area (Å²) >= 11 is 0. The van der Waals surface area contributed by atoms with Crippen LogP contribution in [0.15, 0.2) is 78.9 Å². The number of aromatic nitrogens is 1. The van der Waals surface area contributed by atoms with Crippen LogP contribution in [-0.2, 0) is 36.7 Å². The third-order valence-electron chi connectivity index (χ3n) is 17.0. The molecule has 0 amide bonds. The summed E-state index contributed by atoms with van der Waals surface area (Å²) in [5.74, 6) is 6.47. The third kappa shape index (κ3) is 7.03. The van der Waals surface area contributed by atoms with Gasteiger partial charge in [-0.3, -0.25) is 0 Å². The van der Waals surface area contributed by atoms with E-state index in [4.69, 9.17) is 4.98 Å². The number of hydrogen-bond donors (Lipinski definition) is 2. The number of hydrogen-bond acceptors (Lipinski definition) is 3. The van der Waals surface area contributed by atoms with Crippen molar-refractivity contribution in [3.05, 3.63) is 112 Å². The maximum absolute atomic E-state index is 12.5. The van der Waals surface area contributed by atoms with Gasteiger partial charge in [-0.2, -0.15) is 0 Å². The van der Waals surface area contributed by atoms with Crippen LogP contribution in [0.25, 0.3) is 44.8 Å². The fourth-order valence-corrected chi connectivity index (χ4v) is 15.1. The standard InChI is InChI=1S/C57H65NO2.Hf/c1-32(2)42-10-12-44(48-14-34(5)16-50(54(48)59)56-26-36-18-37(27-56)20-38(19-36)28-56)46(24-42)52-8-7-9-53(58-52)47-25-43(33(3)4)11-13-45(47)49-15-35(6)17-51(55(49)60)57-29-39-21-40(30-57)23-41(22-39)31-57;/h7-17,24-25,32-33,36-41,59-60H,18-23,26-31H2,1-6H3;. The van der Waals surface area contributed by atoms with Crippen LogP contribution in [0.5, 0.6) is 11.5 Å². The Balaban J connectivity index is 0.00000445. The van der Waals surface area contributed by atoms with E-state index in [2.05, 4.69) is 120 Å². The summed E-state index contributed by atoms with van der Waals surface area (Å²) in [5.41, 5.74) is 15.4. The molecule has 2 N–H and O–H groups in total. The molecule has 8 aliphatic carbocycles. The van der Waals surface area contributed by atoms with Gasteiger partial charge in [0, 0.05) is 59.2 Å². The minimum Gasteiger partial charge on any atom is -0.507 e. The molecule has 8 aliphatic rings. The van der Waals surface area contributed by atoms with Gasteiger partial charge < -0.3 is 10.2 Å². The normalized spacial score (nSPS) is 29.4. The summed E-state index contributed by atoms with van der Waals surface area (Å²) in [4.78, 5) is 5.58. The predicted octanol–water partition coefficient (Wildman–Crippen LogP) is 15.0. The largest absolute Gasteiger partial charge is 0.507 e. The first-order chi connectivity index (χ1) is 28.8. The Kier molecular flexibility index (Phi) is 10.4. The number of phenols is 2. The van der Waals surface area contributed by atoms with Gasteiger partial charge in [0.2, 0.25) is 0 Å². The van der Waals surface area contributed by atoms with Crippen molar-refractivity contribution >= 4 is 0 Å². The second-order valence-electron chi connectivity index (χ2n) is 22.1. The Hall–Kier alpha value is -3.50. The van der Waals surface area contributed by atoms with Gasteiger partial charge in [0.05, 0.1) is 11.4 Å². The molecule has 61 heavy (non-hydrogen) atoms. The van der Waals surface area contributed by atoms with Crippen molar-refractivity contribution in [2.24, 2.45) is 35.5 Å². The monoisotopic (exact) mass is 975 g/mol. The maximum atomic E-state index is 12.5. The van der Waals surface area contributed by atoms with Crippen LogP contribution in [0.1, 0.15) is 150 Å². The molecule has 13 rings (SSSR count). The van der Waals surface area contributed by atoms with Crippen LogP contribution in [0.3, 0.4) is 0 Å². The molecule has 0 saturated heterocycles. The van der Waals surface area contributed by atoms with Crippen molar-refractivity contribution < 1.29 is 36.1 Å². The average Bonchev–Trinajstić information content (AvgIpc) is 3.21. The van der Waals surface area contributed by atoms with Crippen LogP contribution in [-0.4, -0.2) is 15.2 Å². The van der Waals surface area contributed by atoms with E-state index < -0.39 is 0 Å². The van der Waals surface area contributed by atoms with Crippen molar-refractivity contribution in [1.82, 2.24) is 4.98 Å². The molecule has 0 unspecified atom stereocenters. The summed E-state index contributed by atoms with van der Waals surface area (Å²) in [6.07, 6.45) is 15.6. The number of benzene rings is 4. The number of nitrogens with zero attached hydrogens (tertiary/aromatic N) is 1. The fourth-order valence-electron chi connectivity index (χ4n) is 15.1. The maximum Gasteiger partial charge on any atom is 0.127 e. The number of rotatable bonds is 8. The minimum atomic E-state index is 0. The third-order valence-corrected chi connectivity index (χ3v) is 17.0. The molecule has 1 aromatic heterocycles. The Morgan fingerprint density at radius 1 is 0.459 bits per heavy atom. The van der Waals surface area contributed by atoms with Crippen LogP contribution >= 0.6 is 0 Å². The summed E-state index contributed by atoms with van der Waals surface area (Å²) in [5, 5.41) is 25.1. The van der Waals surface area contributed by atoms with E-state index in [1.807, 2.05) is 0 Å². The van der Waals surface area contributed by atoms with Crippen LogP contribution < -0.4 is 0 Å². The van der Waals surface area contributed by atoms with Crippen molar-refractivity contribution in [1.29, 1.82) is 0 Å². The van der Waals surface area contributed by atoms with Gasteiger partial charge >= 0.3 is 0 Å². The molecule has 4 heteroatoms. The number of aryl methyl sites for hydroxylation is 2. The first-order valence-corrected chi connectivity index (χ1v) is 23.8. The average molecular weight is 975 g/mol. The second kappa shape index (κ2) is 15.3. The minimum absolute atomic E-state index is 0. The number of aromatic hydroxyl groups is 2. The molecule has 0 spiro atoms. The smallest absolute Gasteiger partial charge is 0.127 e.